The summed E-state index contributed by atoms with van der Waals surface area (Å²) in [6.45, 7) is 10.8. The number of allylic oxidation sites excluding steroid dienone is 2. The summed E-state index contributed by atoms with van der Waals surface area (Å²) in [6.07, 6.45) is 5.17. The molecule has 2 fully saturated rings. The molecule has 6 heteroatoms. The summed E-state index contributed by atoms with van der Waals surface area (Å²) >= 11 is 0. The van der Waals surface area contributed by atoms with E-state index in [9.17, 15) is 9.59 Å². The van der Waals surface area contributed by atoms with Crippen molar-refractivity contribution in [3.63, 3.8) is 0 Å². The van der Waals surface area contributed by atoms with E-state index in [1.807, 2.05) is 0 Å². The second kappa shape index (κ2) is 6.26. The first-order valence-corrected chi connectivity index (χ1v) is 7.95. The van der Waals surface area contributed by atoms with Gasteiger partial charge in [0.2, 0.25) is 0 Å². The van der Waals surface area contributed by atoms with E-state index in [1.165, 1.54) is 19.9 Å². The topological polar surface area (TPSA) is 65.1 Å². The molecule has 2 aliphatic heterocycles. The molecule has 0 aliphatic carbocycles. The van der Waals surface area contributed by atoms with Gasteiger partial charge in [0.1, 0.15) is 12.2 Å². The fraction of sp³-hybridized carbons (Fsp3) is 0.647. The summed E-state index contributed by atoms with van der Waals surface area (Å²) in [4.78, 5) is 26.0. The van der Waals surface area contributed by atoms with Gasteiger partial charge in [0.05, 0.1) is 5.54 Å². The van der Waals surface area contributed by atoms with Gasteiger partial charge in [-0.3, -0.25) is 0 Å². The number of hydrogen-bond donors (Lipinski definition) is 0. The largest absolute Gasteiger partial charge is 0.477 e. The Morgan fingerprint density at radius 2 is 1.70 bits per heavy atom. The van der Waals surface area contributed by atoms with Crippen LogP contribution < -0.4 is 0 Å². The molecule has 0 saturated carbocycles. The van der Waals surface area contributed by atoms with Crippen molar-refractivity contribution in [3.05, 3.63) is 23.6 Å². The number of carbonyl (C=O) groups is 2. The van der Waals surface area contributed by atoms with E-state index in [4.69, 9.17) is 14.2 Å². The van der Waals surface area contributed by atoms with Crippen molar-refractivity contribution in [1.82, 2.24) is 4.90 Å². The first kappa shape index (κ1) is 17.4. The molecule has 0 bridgehead atoms. The molecule has 0 aromatic heterocycles. The van der Waals surface area contributed by atoms with Crippen molar-refractivity contribution in [2.24, 2.45) is 0 Å². The Kier molecular flexibility index (Phi) is 4.73. The average Bonchev–Trinajstić information content (AvgIpc) is 2.69. The lowest BCUT2D eigenvalue weighted by atomic mass is 10.1. The second-order valence-corrected chi connectivity index (χ2v) is 6.87. The van der Waals surface area contributed by atoms with Gasteiger partial charge in [-0.15, -0.1) is 0 Å². The van der Waals surface area contributed by atoms with Crippen LogP contribution >= 0.6 is 0 Å². The maximum Gasteiger partial charge on any atom is 0.348 e. The summed E-state index contributed by atoms with van der Waals surface area (Å²) in [5.41, 5.74) is -0.240. The summed E-state index contributed by atoms with van der Waals surface area (Å²) in [5.74, 6) is -1.93. The molecule has 0 aromatic rings. The van der Waals surface area contributed by atoms with E-state index in [-0.39, 0.29) is 11.1 Å². The molecule has 0 N–H and O–H groups in total. The van der Waals surface area contributed by atoms with Gasteiger partial charge in [-0.05, 0) is 32.4 Å². The molecule has 0 spiro atoms. The van der Waals surface area contributed by atoms with Gasteiger partial charge in [-0.1, -0.05) is 13.3 Å². The summed E-state index contributed by atoms with van der Waals surface area (Å²) in [7, 11) is 0. The van der Waals surface area contributed by atoms with Gasteiger partial charge in [-0.2, -0.15) is 0 Å². The van der Waals surface area contributed by atoms with Crippen LogP contribution in [0.3, 0.4) is 0 Å². The Hall–Kier alpha value is -1.98. The van der Waals surface area contributed by atoms with Gasteiger partial charge < -0.3 is 19.1 Å². The van der Waals surface area contributed by atoms with Gasteiger partial charge >= 0.3 is 11.9 Å². The number of ether oxygens (including phenoxy) is 3. The highest BCUT2D eigenvalue weighted by molar-refractivity contribution is 6.15. The van der Waals surface area contributed by atoms with Crippen LogP contribution in [0.1, 0.15) is 47.5 Å². The van der Waals surface area contributed by atoms with Crippen LogP contribution in [0.4, 0.5) is 0 Å². The SMILES string of the molecule is CCCCN1/C(=C/C=C2C(=O)OC(C)(C)OC2=O)OCC1(C)C. The molecule has 2 heterocycles. The number of carbonyl (C=O) groups excluding carboxylic acids is 2. The third-order valence-corrected chi connectivity index (χ3v) is 3.81. The minimum absolute atomic E-state index is 0.116. The fourth-order valence-electron chi connectivity index (χ4n) is 2.52. The molecular formula is C17H25NO5. The van der Waals surface area contributed by atoms with Crippen LogP contribution in [0.5, 0.6) is 0 Å². The molecule has 0 unspecified atom stereocenters. The smallest absolute Gasteiger partial charge is 0.348 e. The molecular weight excluding hydrogens is 298 g/mol. The zero-order valence-electron chi connectivity index (χ0n) is 14.5. The summed E-state index contributed by atoms with van der Waals surface area (Å²) in [6, 6.07) is 0. The molecule has 2 rings (SSSR count). The van der Waals surface area contributed by atoms with Gasteiger partial charge in [0.25, 0.3) is 5.79 Å². The van der Waals surface area contributed by atoms with Gasteiger partial charge in [-0.25, -0.2) is 9.59 Å². The zero-order valence-corrected chi connectivity index (χ0v) is 14.5. The van der Waals surface area contributed by atoms with Crippen molar-refractivity contribution in [1.29, 1.82) is 0 Å². The van der Waals surface area contributed by atoms with E-state index < -0.39 is 17.7 Å². The predicted octanol–water partition coefficient (Wildman–Crippen LogP) is 2.50. The highest BCUT2D eigenvalue weighted by Gasteiger charge is 2.39. The number of hydrogen-bond acceptors (Lipinski definition) is 6. The standard InChI is InChI=1S/C17H25NO5/c1-6-7-10-18-13(21-11-16(18,2)3)9-8-12-14(19)22-17(4,5)23-15(12)20/h8-9H,6-7,10-11H2,1-5H3/b13-9-. The lowest BCUT2D eigenvalue weighted by Crippen LogP contribution is -2.41. The van der Waals surface area contributed by atoms with Gasteiger partial charge in [0, 0.05) is 20.4 Å². The Bertz CT molecular complexity index is 537. The molecule has 0 atom stereocenters. The predicted molar refractivity (Wildman–Crippen MR) is 84.1 cm³/mol. The van der Waals surface area contributed by atoms with Crippen molar-refractivity contribution < 1.29 is 23.8 Å². The highest BCUT2D eigenvalue weighted by atomic mass is 16.7. The third kappa shape index (κ3) is 3.86. The fourth-order valence-corrected chi connectivity index (χ4v) is 2.52. The Labute approximate surface area is 137 Å². The molecule has 128 valence electrons. The average molecular weight is 323 g/mol. The lowest BCUT2D eigenvalue weighted by molar-refractivity contribution is -0.222. The maximum absolute atomic E-state index is 11.9. The Morgan fingerprint density at radius 3 is 2.26 bits per heavy atom. The van der Waals surface area contributed by atoms with Crippen molar-refractivity contribution in [3.8, 4) is 0 Å². The lowest BCUT2D eigenvalue weighted by Gasteiger charge is -2.30. The molecule has 0 radical (unpaired) electrons. The number of nitrogens with zero attached hydrogens (tertiary/aromatic N) is 1. The summed E-state index contributed by atoms with van der Waals surface area (Å²) in [5, 5.41) is 0. The van der Waals surface area contributed by atoms with E-state index in [0.717, 1.165) is 19.4 Å². The molecule has 23 heavy (non-hydrogen) atoms. The number of cyclic esters (lactones) is 2. The second-order valence-electron chi connectivity index (χ2n) is 6.87. The van der Waals surface area contributed by atoms with Crippen LogP contribution in [0.2, 0.25) is 0 Å². The normalized spacial score (nSPS) is 24.3. The van der Waals surface area contributed by atoms with Crippen molar-refractivity contribution in [2.75, 3.05) is 13.2 Å². The number of rotatable bonds is 4. The quantitative estimate of drug-likeness (QED) is 0.450. The highest BCUT2D eigenvalue weighted by Crippen LogP contribution is 2.30. The minimum atomic E-state index is -1.22. The van der Waals surface area contributed by atoms with Crippen LogP contribution in [0, 0.1) is 0 Å². The van der Waals surface area contributed by atoms with Crippen LogP contribution in [-0.4, -0.2) is 41.3 Å². The Balaban J connectivity index is 2.20. The van der Waals surface area contributed by atoms with Crippen LogP contribution in [-0.2, 0) is 23.8 Å². The third-order valence-electron chi connectivity index (χ3n) is 3.81. The van der Waals surface area contributed by atoms with E-state index in [1.54, 1.807) is 6.08 Å². The molecule has 2 aliphatic rings. The van der Waals surface area contributed by atoms with E-state index >= 15 is 0 Å². The first-order chi connectivity index (χ1) is 10.7. The number of esters is 2. The molecule has 6 nitrogen and oxygen atoms in total. The van der Waals surface area contributed by atoms with Gasteiger partial charge in [0.15, 0.2) is 5.88 Å². The molecule has 0 amide bonds. The monoisotopic (exact) mass is 323 g/mol. The van der Waals surface area contributed by atoms with Crippen LogP contribution in [0.15, 0.2) is 23.6 Å². The maximum atomic E-state index is 11.9. The van der Waals surface area contributed by atoms with Crippen molar-refractivity contribution in [2.45, 2.75) is 58.8 Å². The number of unbranched alkanes of at least 4 members (excludes halogenated alkanes) is 1. The zero-order chi connectivity index (χ0) is 17.3. The molecule has 0 aromatic carbocycles. The molecule has 2 saturated heterocycles. The Morgan fingerprint density at radius 1 is 1.09 bits per heavy atom. The van der Waals surface area contributed by atoms with Crippen LogP contribution in [0.25, 0.3) is 0 Å². The van der Waals surface area contributed by atoms with Crippen molar-refractivity contribution >= 4 is 11.9 Å². The van der Waals surface area contributed by atoms with E-state index in [0.29, 0.717) is 12.5 Å². The first-order valence-electron chi connectivity index (χ1n) is 7.95. The van der Waals surface area contributed by atoms with E-state index in [2.05, 4.69) is 25.7 Å². The minimum Gasteiger partial charge on any atom is -0.477 e. The summed E-state index contributed by atoms with van der Waals surface area (Å²) < 4.78 is 15.9.